The second kappa shape index (κ2) is 5.57. The first-order valence-electron chi connectivity index (χ1n) is 5.12. The highest BCUT2D eigenvalue weighted by Gasteiger charge is 2.06. The van der Waals surface area contributed by atoms with Crippen molar-refractivity contribution in [1.29, 1.82) is 0 Å². The fourth-order valence-corrected chi connectivity index (χ4v) is 1.84. The molecule has 0 aliphatic heterocycles. The quantitative estimate of drug-likeness (QED) is 0.905. The molecule has 0 aromatic heterocycles. The molecule has 94 valence electrons. The van der Waals surface area contributed by atoms with Gasteiger partial charge >= 0.3 is 0 Å². The van der Waals surface area contributed by atoms with Crippen molar-refractivity contribution >= 4 is 23.2 Å². The Morgan fingerprint density at radius 1 is 1.06 bits per heavy atom. The van der Waals surface area contributed by atoms with Gasteiger partial charge in [-0.2, -0.15) is 0 Å². The molecule has 2 aromatic rings. The van der Waals surface area contributed by atoms with Gasteiger partial charge in [0.1, 0.15) is 17.3 Å². The van der Waals surface area contributed by atoms with E-state index >= 15 is 0 Å². The van der Waals surface area contributed by atoms with Crippen molar-refractivity contribution in [2.45, 2.75) is 6.61 Å². The molecule has 0 aliphatic rings. The van der Waals surface area contributed by atoms with E-state index in [4.69, 9.17) is 33.0 Å². The summed E-state index contributed by atoms with van der Waals surface area (Å²) in [7, 11) is 0. The topological polar surface area (TPSA) is 29.5 Å². The fraction of sp³-hybridized carbons (Fsp3) is 0.0769. The molecule has 0 bridgehead atoms. The summed E-state index contributed by atoms with van der Waals surface area (Å²) >= 11 is 11.8. The first-order valence-corrected chi connectivity index (χ1v) is 5.88. The largest absolute Gasteiger partial charge is 0.456 e. The molecule has 2 nitrogen and oxygen atoms in total. The minimum absolute atomic E-state index is 0.142. The van der Waals surface area contributed by atoms with Crippen molar-refractivity contribution < 1.29 is 14.2 Å². The predicted molar refractivity (Wildman–Crippen MR) is 68.9 cm³/mol. The van der Waals surface area contributed by atoms with E-state index in [0.717, 1.165) is 0 Å². The van der Waals surface area contributed by atoms with Gasteiger partial charge in [0.25, 0.3) is 0 Å². The second-order valence-corrected chi connectivity index (χ2v) is 4.40. The number of hydrogen-bond acceptors (Lipinski definition) is 2. The van der Waals surface area contributed by atoms with Gasteiger partial charge in [0, 0.05) is 5.02 Å². The van der Waals surface area contributed by atoms with Crippen LogP contribution in [-0.4, -0.2) is 5.11 Å². The molecule has 2 rings (SSSR count). The summed E-state index contributed by atoms with van der Waals surface area (Å²) in [6.07, 6.45) is 0. The highest BCUT2D eigenvalue weighted by Crippen LogP contribution is 2.31. The molecule has 0 atom stereocenters. The van der Waals surface area contributed by atoms with Crippen LogP contribution in [0.4, 0.5) is 4.39 Å². The summed E-state index contributed by atoms with van der Waals surface area (Å²) in [5.41, 5.74) is 0.606. The van der Waals surface area contributed by atoms with Crippen molar-refractivity contribution in [3.63, 3.8) is 0 Å². The molecule has 18 heavy (non-hydrogen) atoms. The summed E-state index contributed by atoms with van der Waals surface area (Å²) in [5.74, 6) is 0.373. The van der Waals surface area contributed by atoms with E-state index in [1.807, 2.05) is 0 Å². The molecule has 5 heteroatoms. The standard InChI is InChI=1S/C13H9Cl2FO2/c14-11-6-10(3-1-8(11)7-17)18-13-4-2-9(16)5-12(13)15/h1-6,17H,7H2. The molecule has 0 heterocycles. The Morgan fingerprint density at radius 2 is 1.83 bits per heavy atom. The van der Waals surface area contributed by atoms with Crippen molar-refractivity contribution in [2.75, 3.05) is 0 Å². The third kappa shape index (κ3) is 2.93. The van der Waals surface area contributed by atoms with Gasteiger partial charge < -0.3 is 9.84 Å². The maximum atomic E-state index is 12.9. The Hall–Kier alpha value is -1.29. The average Bonchev–Trinajstić information content (AvgIpc) is 2.33. The average molecular weight is 287 g/mol. The molecule has 0 saturated carbocycles. The highest BCUT2D eigenvalue weighted by molar-refractivity contribution is 6.32. The van der Waals surface area contributed by atoms with Crippen LogP contribution in [-0.2, 0) is 6.61 Å². The molecular weight excluding hydrogens is 278 g/mol. The van der Waals surface area contributed by atoms with Crippen LogP contribution >= 0.6 is 23.2 Å². The summed E-state index contributed by atoms with van der Waals surface area (Å²) < 4.78 is 18.3. The van der Waals surface area contributed by atoms with Crippen LogP contribution in [0.25, 0.3) is 0 Å². The highest BCUT2D eigenvalue weighted by atomic mass is 35.5. The van der Waals surface area contributed by atoms with E-state index in [2.05, 4.69) is 0 Å². The first-order chi connectivity index (χ1) is 8.60. The van der Waals surface area contributed by atoms with Crippen LogP contribution in [0, 0.1) is 5.82 Å². The Morgan fingerprint density at radius 3 is 2.44 bits per heavy atom. The maximum Gasteiger partial charge on any atom is 0.146 e. The van der Waals surface area contributed by atoms with E-state index in [0.29, 0.717) is 22.1 Å². The molecule has 0 aliphatic carbocycles. The lowest BCUT2D eigenvalue weighted by molar-refractivity contribution is 0.282. The number of ether oxygens (including phenoxy) is 1. The van der Waals surface area contributed by atoms with E-state index in [1.165, 1.54) is 18.2 Å². The van der Waals surface area contributed by atoms with Crippen molar-refractivity contribution in [1.82, 2.24) is 0 Å². The Bertz CT molecular complexity index is 573. The minimum Gasteiger partial charge on any atom is -0.456 e. The van der Waals surface area contributed by atoms with Crippen molar-refractivity contribution in [2.24, 2.45) is 0 Å². The first kappa shape index (κ1) is 13.1. The van der Waals surface area contributed by atoms with Crippen LogP contribution in [0.2, 0.25) is 10.0 Å². The zero-order valence-electron chi connectivity index (χ0n) is 9.16. The van der Waals surface area contributed by atoms with E-state index in [-0.39, 0.29) is 11.6 Å². The molecular formula is C13H9Cl2FO2. The number of halogens is 3. The van der Waals surface area contributed by atoms with Crippen LogP contribution in [0.5, 0.6) is 11.5 Å². The molecule has 0 radical (unpaired) electrons. The second-order valence-electron chi connectivity index (χ2n) is 3.59. The molecule has 2 aromatic carbocycles. The van der Waals surface area contributed by atoms with Crippen LogP contribution in [0.1, 0.15) is 5.56 Å². The lowest BCUT2D eigenvalue weighted by Gasteiger charge is -2.09. The Labute approximate surface area is 114 Å². The third-order valence-corrected chi connectivity index (χ3v) is 2.96. The van der Waals surface area contributed by atoms with Gasteiger partial charge in [-0.25, -0.2) is 4.39 Å². The summed E-state index contributed by atoms with van der Waals surface area (Å²) in [6, 6.07) is 8.72. The molecule has 0 amide bonds. The molecule has 1 N–H and O–H groups in total. The number of rotatable bonds is 3. The van der Waals surface area contributed by atoms with Gasteiger partial charge in [-0.05, 0) is 35.9 Å². The van der Waals surface area contributed by atoms with E-state index < -0.39 is 5.82 Å². The number of hydrogen-bond donors (Lipinski definition) is 1. The zero-order valence-corrected chi connectivity index (χ0v) is 10.7. The van der Waals surface area contributed by atoms with Crippen LogP contribution in [0.15, 0.2) is 36.4 Å². The maximum absolute atomic E-state index is 12.9. The lowest BCUT2D eigenvalue weighted by atomic mass is 10.2. The molecule has 0 saturated heterocycles. The zero-order chi connectivity index (χ0) is 13.1. The minimum atomic E-state index is -0.430. The van der Waals surface area contributed by atoms with E-state index in [9.17, 15) is 4.39 Å². The lowest BCUT2D eigenvalue weighted by Crippen LogP contribution is -1.89. The normalized spacial score (nSPS) is 10.4. The van der Waals surface area contributed by atoms with Gasteiger partial charge in [-0.15, -0.1) is 0 Å². The summed E-state index contributed by atoms with van der Waals surface area (Å²) in [6.45, 7) is -0.142. The monoisotopic (exact) mass is 286 g/mol. The van der Waals surface area contributed by atoms with Gasteiger partial charge in [-0.3, -0.25) is 0 Å². The third-order valence-electron chi connectivity index (χ3n) is 2.32. The predicted octanol–water partition coefficient (Wildman–Crippen LogP) is 4.42. The van der Waals surface area contributed by atoms with Crippen LogP contribution in [0.3, 0.4) is 0 Å². The fourth-order valence-electron chi connectivity index (χ4n) is 1.40. The SMILES string of the molecule is OCc1ccc(Oc2ccc(F)cc2Cl)cc1Cl. The molecule has 0 fully saturated rings. The molecule has 0 spiro atoms. The van der Waals surface area contributed by atoms with Crippen molar-refractivity contribution in [3.8, 4) is 11.5 Å². The van der Waals surface area contributed by atoms with Crippen LogP contribution < -0.4 is 4.74 Å². The van der Waals surface area contributed by atoms with Crippen molar-refractivity contribution in [3.05, 3.63) is 57.8 Å². The smallest absolute Gasteiger partial charge is 0.146 e. The number of aliphatic hydroxyl groups is 1. The van der Waals surface area contributed by atoms with E-state index in [1.54, 1.807) is 18.2 Å². The van der Waals surface area contributed by atoms with Gasteiger partial charge in [0.2, 0.25) is 0 Å². The number of benzene rings is 2. The van der Waals surface area contributed by atoms with Gasteiger partial charge in [0.05, 0.1) is 11.6 Å². The van der Waals surface area contributed by atoms with Gasteiger partial charge in [-0.1, -0.05) is 29.3 Å². The Balaban J connectivity index is 2.26. The Kier molecular flexibility index (Phi) is 4.07. The van der Waals surface area contributed by atoms with Gasteiger partial charge in [0.15, 0.2) is 0 Å². The summed E-state index contributed by atoms with van der Waals surface area (Å²) in [4.78, 5) is 0. The molecule has 0 unspecified atom stereocenters. The number of aliphatic hydroxyl groups excluding tert-OH is 1. The summed E-state index contributed by atoms with van der Waals surface area (Å²) in [5, 5.41) is 9.56.